The smallest absolute Gasteiger partial charge is 0.291 e. The first-order chi connectivity index (χ1) is 13.7. The summed E-state index contributed by atoms with van der Waals surface area (Å²) < 4.78 is 16.3. The second-order valence-corrected chi connectivity index (χ2v) is 6.84. The van der Waals surface area contributed by atoms with Crippen molar-refractivity contribution in [1.82, 2.24) is 20.0 Å². The first kappa shape index (κ1) is 18.4. The second kappa shape index (κ2) is 8.35. The van der Waals surface area contributed by atoms with Crippen molar-refractivity contribution in [3.63, 3.8) is 0 Å². The zero-order valence-corrected chi connectivity index (χ0v) is 15.7. The molecule has 0 spiro atoms. The number of nitrogens with zero attached hydrogens (tertiary/aromatic N) is 4. The van der Waals surface area contributed by atoms with Gasteiger partial charge in [-0.05, 0) is 18.9 Å². The van der Waals surface area contributed by atoms with Gasteiger partial charge in [0.1, 0.15) is 0 Å². The summed E-state index contributed by atoms with van der Waals surface area (Å²) in [5, 5.41) is 4.04. The number of amides is 1. The van der Waals surface area contributed by atoms with Crippen LogP contribution in [0.3, 0.4) is 0 Å². The minimum absolute atomic E-state index is 0.0404. The molecule has 1 unspecified atom stereocenters. The Morgan fingerprint density at radius 1 is 1.32 bits per heavy atom. The number of ether oxygens (including phenoxy) is 1. The Labute approximate surface area is 162 Å². The number of benzene rings is 1. The summed E-state index contributed by atoms with van der Waals surface area (Å²) in [5.74, 6) is 1.38. The number of carbonyl (C=O) groups excluding carboxylic acids is 1. The standard InChI is InChI=1S/C20H22N4O4/c1-14-18(27-13-21-14)20(25)24-9-7-16(11-24)19-22-17(23-28-19)8-10-26-12-15-5-3-2-4-6-15/h2-6,13,16H,7-12H2,1H3. The van der Waals surface area contributed by atoms with Gasteiger partial charge in [-0.25, -0.2) is 4.98 Å². The topological polar surface area (TPSA) is 94.5 Å². The molecule has 3 aromatic rings. The molecule has 1 atom stereocenters. The van der Waals surface area contributed by atoms with Gasteiger partial charge in [0.2, 0.25) is 11.7 Å². The fourth-order valence-electron chi connectivity index (χ4n) is 3.26. The summed E-state index contributed by atoms with van der Waals surface area (Å²) in [6.45, 7) is 4.00. The second-order valence-electron chi connectivity index (χ2n) is 6.84. The quantitative estimate of drug-likeness (QED) is 0.580. The first-order valence-electron chi connectivity index (χ1n) is 9.34. The summed E-state index contributed by atoms with van der Waals surface area (Å²) in [6.07, 6.45) is 2.66. The third-order valence-electron chi connectivity index (χ3n) is 4.83. The highest BCUT2D eigenvalue weighted by molar-refractivity contribution is 5.92. The molecule has 0 radical (unpaired) electrons. The zero-order valence-electron chi connectivity index (χ0n) is 15.7. The fraction of sp³-hybridized carbons (Fsp3) is 0.400. The minimum atomic E-state index is -0.147. The third-order valence-corrected chi connectivity index (χ3v) is 4.83. The average Bonchev–Trinajstić information content (AvgIpc) is 3.46. The van der Waals surface area contributed by atoms with Crippen LogP contribution in [0.4, 0.5) is 0 Å². The maximum Gasteiger partial charge on any atom is 0.291 e. The molecule has 2 aromatic heterocycles. The molecule has 8 heteroatoms. The van der Waals surface area contributed by atoms with Crippen LogP contribution in [0.15, 0.2) is 45.7 Å². The van der Waals surface area contributed by atoms with Gasteiger partial charge in [-0.15, -0.1) is 0 Å². The number of hydrogen-bond donors (Lipinski definition) is 0. The minimum Gasteiger partial charge on any atom is -0.438 e. The molecule has 0 saturated carbocycles. The summed E-state index contributed by atoms with van der Waals surface area (Å²) in [5.41, 5.74) is 1.73. The van der Waals surface area contributed by atoms with Crippen LogP contribution in [0.1, 0.15) is 45.9 Å². The molecule has 1 aliphatic heterocycles. The molecule has 1 amide bonds. The summed E-state index contributed by atoms with van der Waals surface area (Å²) in [4.78, 5) is 22.7. The fourth-order valence-corrected chi connectivity index (χ4v) is 3.26. The van der Waals surface area contributed by atoms with Crippen LogP contribution in [0.2, 0.25) is 0 Å². The first-order valence-corrected chi connectivity index (χ1v) is 9.34. The Morgan fingerprint density at radius 3 is 2.96 bits per heavy atom. The predicted molar refractivity (Wildman–Crippen MR) is 98.6 cm³/mol. The molecule has 146 valence electrons. The molecule has 1 fully saturated rings. The van der Waals surface area contributed by atoms with Crippen molar-refractivity contribution in [2.45, 2.75) is 32.3 Å². The lowest BCUT2D eigenvalue weighted by atomic mass is 10.1. The number of likely N-dealkylation sites (tertiary alicyclic amines) is 1. The summed E-state index contributed by atoms with van der Waals surface area (Å²) in [7, 11) is 0. The normalized spacial score (nSPS) is 16.6. The molecular formula is C20H22N4O4. The zero-order chi connectivity index (χ0) is 19.3. The molecule has 0 bridgehead atoms. The maximum absolute atomic E-state index is 12.5. The number of oxazole rings is 1. The van der Waals surface area contributed by atoms with Crippen molar-refractivity contribution in [1.29, 1.82) is 0 Å². The van der Waals surface area contributed by atoms with E-state index in [0.717, 1.165) is 12.0 Å². The van der Waals surface area contributed by atoms with E-state index in [4.69, 9.17) is 13.7 Å². The molecule has 4 rings (SSSR count). The van der Waals surface area contributed by atoms with Gasteiger partial charge in [-0.1, -0.05) is 35.5 Å². The van der Waals surface area contributed by atoms with Gasteiger partial charge in [0.25, 0.3) is 5.91 Å². The van der Waals surface area contributed by atoms with Crippen molar-refractivity contribution in [2.75, 3.05) is 19.7 Å². The van der Waals surface area contributed by atoms with Gasteiger partial charge in [0, 0.05) is 19.5 Å². The monoisotopic (exact) mass is 382 g/mol. The molecule has 1 aromatic carbocycles. The molecule has 1 aliphatic rings. The highest BCUT2D eigenvalue weighted by atomic mass is 16.5. The number of carbonyl (C=O) groups is 1. The Balaban J connectivity index is 1.26. The van der Waals surface area contributed by atoms with E-state index in [1.165, 1.54) is 6.39 Å². The summed E-state index contributed by atoms with van der Waals surface area (Å²) >= 11 is 0. The molecule has 0 N–H and O–H groups in total. The van der Waals surface area contributed by atoms with Gasteiger partial charge < -0.3 is 18.6 Å². The van der Waals surface area contributed by atoms with E-state index in [0.29, 0.717) is 55.9 Å². The Morgan fingerprint density at radius 2 is 2.18 bits per heavy atom. The lowest BCUT2D eigenvalue weighted by molar-refractivity contribution is 0.0757. The Kier molecular flexibility index (Phi) is 5.48. The van der Waals surface area contributed by atoms with Crippen LogP contribution < -0.4 is 0 Å². The van der Waals surface area contributed by atoms with E-state index >= 15 is 0 Å². The van der Waals surface area contributed by atoms with Gasteiger partial charge >= 0.3 is 0 Å². The van der Waals surface area contributed by atoms with Crippen molar-refractivity contribution >= 4 is 5.91 Å². The van der Waals surface area contributed by atoms with Crippen molar-refractivity contribution in [3.8, 4) is 0 Å². The van der Waals surface area contributed by atoms with Gasteiger partial charge in [0.05, 0.1) is 24.8 Å². The number of aromatic nitrogens is 3. The average molecular weight is 382 g/mol. The largest absolute Gasteiger partial charge is 0.438 e. The highest BCUT2D eigenvalue weighted by Crippen LogP contribution is 2.27. The van der Waals surface area contributed by atoms with Crippen molar-refractivity contribution < 1.29 is 18.5 Å². The van der Waals surface area contributed by atoms with Crippen LogP contribution in [-0.2, 0) is 17.8 Å². The lowest BCUT2D eigenvalue weighted by Gasteiger charge is -2.13. The molecule has 3 heterocycles. The van der Waals surface area contributed by atoms with Gasteiger partial charge in [-0.2, -0.15) is 4.98 Å². The number of rotatable bonds is 7. The Hall–Kier alpha value is -3.00. The van der Waals surface area contributed by atoms with Crippen LogP contribution >= 0.6 is 0 Å². The van der Waals surface area contributed by atoms with Gasteiger partial charge in [-0.3, -0.25) is 4.79 Å². The van der Waals surface area contributed by atoms with Crippen LogP contribution in [0, 0.1) is 6.92 Å². The molecule has 0 aliphatic carbocycles. The van der Waals surface area contributed by atoms with E-state index in [2.05, 4.69) is 15.1 Å². The van der Waals surface area contributed by atoms with E-state index < -0.39 is 0 Å². The maximum atomic E-state index is 12.5. The van der Waals surface area contributed by atoms with Crippen LogP contribution in [0.5, 0.6) is 0 Å². The van der Waals surface area contributed by atoms with Crippen LogP contribution in [0.25, 0.3) is 0 Å². The van der Waals surface area contributed by atoms with Gasteiger partial charge in [0.15, 0.2) is 12.2 Å². The van der Waals surface area contributed by atoms with Crippen LogP contribution in [-0.4, -0.2) is 45.6 Å². The number of aryl methyl sites for hydroxylation is 1. The Bertz CT molecular complexity index is 921. The van der Waals surface area contributed by atoms with E-state index in [9.17, 15) is 4.79 Å². The van der Waals surface area contributed by atoms with E-state index in [-0.39, 0.29) is 11.8 Å². The SMILES string of the molecule is Cc1ncoc1C(=O)N1CCC(c2nc(CCOCc3ccccc3)no2)C1. The highest BCUT2D eigenvalue weighted by Gasteiger charge is 2.33. The van der Waals surface area contributed by atoms with E-state index in [1.807, 2.05) is 30.3 Å². The number of hydrogen-bond acceptors (Lipinski definition) is 7. The van der Waals surface area contributed by atoms with E-state index in [1.54, 1.807) is 11.8 Å². The van der Waals surface area contributed by atoms with Crippen molar-refractivity contribution in [3.05, 3.63) is 65.5 Å². The van der Waals surface area contributed by atoms with Crippen molar-refractivity contribution in [2.24, 2.45) is 0 Å². The molecular weight excluding hydrogens is 360 g/mol. The molecule has 28 heavy (non-hydrogen) atoms. The predicted octanol–water partition coefficient (Wildman–Crippen LogP) is 2.76. The summed E-state index contributed by atoms with van der Waals surface area (Å²) in [6, 6.07) is 10.0. The molecule has 1 saturated heterocycles. The molecule has 8 nitrogen and oxygen atoms in total. The third kappa shape index (κ3) is 4.12. The lowest BCUT2D eigenvalue weighted by Crippen LogP contribution is -2.28.